The van der Waals surface area contributed by atoms with Gasteiger partial charge in [0.25, 0.3) is 5.91 Å². The Hall–Kier alpha value is -4.82. The Balaban J connectivity index is 1.46. The summed E-state index contributed by atoms with van der Waals surface area (Å²) in [7, 11) is 4.76. The molecule has 8 heteroatoms. The third-order valence-electron chi connectivity index (χ3n) is 6.83. The molecule has 8 nitrogen and oxygen atoms in total. The molecule has 0 saturated heterocycles. The van der Waals surface area contributed by atoms with Crippen molar-refractivity contribution in [2.45, 2.75) is 12.5 Å². The van der Waals surface area contributed by atoms with E-state index in [0.29, 0.717) is 45.8 Å². The van der Waals surface area contributed by atoms with Crippen LogP contribution in [0.5, 0.6) is 17.2 Å². The van der Waals surface area contributed by atoms with Gasteiger partial charge in [0.1, 0.15) is 5.75 Å². The molecular formula is C32H31N3O5. The number of benzene rings is 3. The summed E-state index contributed by atoms with van der Waals surface area (Å²) in [5.41, 5.74) is 4.62. The fourth-order valence-electron chi connectivity index (χ4n) is 4.75. The van der Waals surface area contributed by atoms with E-state index < -0.39 is 6.04 Å². The van der Waals surface area contributed by atoms with Gasteiger partial charge in [0.2, 0.25) is 0 Å². The van der Waals surface area contributed by atoms with Gasteiger partial charge in [-0.15, -0.1) is 0 Å². The Morgan fingerprint density at radius 3 is 2.55 bits per heavy atom. The lowest BCUT2D eigenvalue weighted by Gasteiger charge is -2.17. The number of carbonyl (C=O) groups excluding carboxylic acids is 1. The van der Waals surface area contributed by atoms with Gasteiger partial charge in [-0.25, -0.2) is 4.98 Å². The molecule has 5 aromatic rings. The van der Waals surface area contributed by atoms with Crippen molar-refractivity contribution in [2.24, 2.45) is 0 Å². The fourth-order valence-corrected chi connectivity index (χ4v) is 4.75. The zero-order valence-corrected chi connectivity index (χ0v) is 22.6. The number of pyridine rings is 1. The molecule has 0 spiro atoms. The van der Waals surface area contributed by atoms with Gasteiger partial charge in [-0.3, -0.25) is 4.79 Å². The van der Waals surface area contributed by atoms with Crippen molar-refractivity contribution in [3.8, 4) is 17.2 Å². The van der Waals surface area contributed by atoms with Gasteiger partial charge in [0.05, 0.1) is 50.8 Å². The summed E-state index contributed by atoms with van der Waals surface area (Å²) in [6, 6.07) is 20.3. The minimum atomic E-state index is -0.480. The summed E-state index contributed by atoms with van der Waals surface area (Å²) in [4.78, 5) is 21.6. The maximum absolute atomic E-state index is 13.6. The van der Waals surface area contributed by atoms with E-state index in [9.17, 15) is 9.90 Å². The van der Waals surface area contributed by atoms with Crippen LogP contribution in [-0.4, -0.2) is 55.0 Å². The number of methoxy groups -OCH3 is 3. The van der Waals surface area contributed by atoms with Crippen LogP contribution in [0.25, 0.3) is 34.0 Å². The number of rotatable bonds is 10. The smallest absolute Gasteiger partial charge is 0.252 e. The summed E-state index contributed by atoms with van der Waals surface area (Å²) in [5, 5.41) is 14.9. The summed E-state index contributed by atoms with van der Waals surface area (Å²) >= 11 is 0. The van der Waals surface area contributed by atoms with Crippen LogP contribution in [0.1, 0.15) is 27.2 Å². The summed E-state index contributed by atoms with van der Waals surface area (Å²) in [6.07, 6.45) is 6.14. The number of fused-ring (bicyclic) bond motifs is 2. The molecule has 1 atom stereocenters. The molecule has 1 unspecified atom stereocenters. The highest BCUT2D eigenvalue weighted by molar-refractivity contribution is 6.07. The van der Waals surface area contributed by atoms with Crippen molar-refractivity contribution in [1.82, 2.24) is 15.3 Å². The number of nitrogens with one attached hydrogen (secondary N) is 2. The molecule has 0 aliphatic heterocycles. The fraction of sp³-hybridized carbons (Fsp3) is 0.188. The van der Waals surface area contributed by atoms with Crippen LogP contribution in [0.3, 0.4) is 0 Å². The molecule has 1 amide bonds. The minimum Gasteiger partial charge on any atom is -0.497 e. The average Bonchev–Trinajstić information content (AvgIpc) is 3.41. The van der Waals surface area contributed by atoms with Crippen LogP contribution in [0, 0.1) is 0 Å². The van der Waals surface area contributed by atoms with Crippen LogP contribution in [0.2, 0.25) is 0 Å². The highest BCUT2D eigenvalue weighted by Crippen LogP contribution is 2.29. The number of H-pyrrole nitrogens is 1. The van der Waals surface area contributed by atoms with Crippen molar-refractivity contribution >= 4 is 39.9 Å². The molecule has 0 aliphatic rings. The topological polar surface area (TPSA) is 106 Å². The quantitative estimate of drug-likeness (QED) is 0.225. The third-order valence-corrected chi connectivity index (χ3v) is 6.83. The van der Waals surface area contributed by atoms with E-state index in [2.05, 4.69) is 10.3 Å². The largest absolute Gasteiger partial charge is 0.497 e. The number of amides is 1. The van der Waals surface area contributed by atoms with Gasteiger partial charge in [0.15, 0.2) is 11.5 Å². The highest BCUT2D eigenvalue weighted by atomic mass is 16.5. The molecule has 0 bridgehead atoms. The number of nitrogens with zero attached hydrogens (tertiary/aromatic N) is 1. The van der Waals surface area contributed by atoms with Crippen molar-refractivity contribution in [3.05, 3.63) is 95.3 Å². The molecule has 3 aromatic carbocycles. The van der Waals surface area contributed by atoms with E-state index in [1.54, 1.807) is 33.5 Å². The van der Waals surface area contributed by atoms with Crippen LogP contribution >= 0.6 is 0 Å². The Morgan fingerprint density at radius 2 is 1.77 bits per heavy atom. The van der Waals surface area contributed by atoms with Gasteiger partial charge >= 0.3 is 0 Å². The summed E-state index contributed by atoms with van der Waals surface area (Å²) in [6.45, 7) is -0.205. The molecular weight excluding hydrogens is 506 g/mol. The predicted molar refractivity (Wildman–Crippen MR) is 157 cm³/mol. The number of hydrogen-bond donors (Lipinski definition) is 3. The minimum absolute atomic E-state index is 0.205. The molecule has 5 rings (SSSR count). The van der Waals surface area contributed by atoms with Gasteiger partial charge in [-0.05, 0) is 66.1 Å². The first kappa shape index (κ1) is 26.8. The normalized spacial score (nSPS) is 12.1. The van der Waals surface area contributed by atoms with Crippen LogP contribution in [-0.2, 0) is 6.42 Å². The number of aliphatic hydroxyl groups excluding tert-OH is 1. The molecule has 2 heterocycles. The predicted octanol–water partition coefficient (Wildman–Crippen LogP) is 5.25. The lowest BCUT2D eigenvalue weighted by Crippen LogP contribution is -2.39. The number of aliphatic hydroxyl groups is 1. The van der Waals surface area contributed by atoms with Crippen molar-refractivity contribution in [3.63, 3.8) is 0 Å². The van der Waals surface area contributed by atoms with Gasteiger partial charge in [-0.2, -0.15) is 0 Å². The second kappa shape index (κ2) is 11.9. The third kappa shape index (κ3) is 5.62. The molecule has 0 aliphatic carbocycles. The van der Waals surface area contributed by atoms with Crippen molar-refractivity contribution in [2.75, 3.05) is 27.9 Å². The Kier molecular flexibility index (Phi) is 7.98. The van der Waals surface area contributed by atoms with Gasteiger partial charge in [-0.1, -0.05) is 30.3 Å². The number of para-hydroxylation sites is 1. The van der Waals surface area contributed by atoms with Crippen LogP contribution in [0.15, 0.2) is 72.9 Å². The van der Waals surface area contributed by atoms with E-state index >= 15 is 0 Å². The zero-order chi connectivity index (χ0) is 28.1. The van der Waals surface area contributed by atoms with Crippen molar-refractivity contribution in [1.29, 1.82) is 0 Å². The molecule has 0 fully saturated rings. The Morgan fingerprint density at radius 1 is 0.950 bits per heavy atom. The molecule has 0 saturated carbocycles. The molecule has 204 valence electrons. The Bertz CT molecular complexity index is 1690. The summed E-state index contributed by atoms with van der Waals surface area (Å²) < 4.78 is 16.1. The van der Waals surface area contributed by atoms with E-state index in [1.807, 2.05) is 72.9 Å². The number of carbonyl (C=O) groups is 1. The van der Waals surface area contributed by atoms with Gasteiger partial charge in [0, 0.05) is 22.5 Å². The standard InChI is InChI=1S/C32H31N3O5/c1-38-24-11-12-29-26(17-24)27(16-22(34-29)10-8-20-9-13-30(39-2)31(14-20)40-3)32(37)35-23(19-36)15-21-18-33-28-7-5-4-6-25(21)28/h4-14,16-18,23,33,36H,15,19H2,1-3H3,(H,35,37)/b10-8+. The molecule has 0 radical (unpaired) electrons. The number of aromatic nitrogens is 2. The Labute approximate surface area is 232 Å². The molecule has 2 aromatic heterocycles. The zero-order valence-electron chi connectivity index (χ0n) is 22.6. The molecule has 40 heavy (non-hydrogen) atoms. The first-order valence-electron chi connectivity index (χ1n) is 12.9. The van der Waals surface area contributed by atoms with Crippen LogP contribution in [0.4, 0.5) is 0 Å². The SMILES string of the molecule is COc1ccc2nc(/C=C/c3ccc(OC)c(OC)c3)cc(C(=O)NC(CO)Cc3c[nH]c4ccccc34)c2c1. The lowest BCUT2D eigenvalue weighted by molar-refractivity contribution is 0.0918. The average molecular weight is 538 g/mol. The lowest BCUT2D eigenvalue weighted by atomic mass is 10.0. The first-order chi connectivity index (χ1) is 19.5. The maximum atomic E-state index is 13.6. The first-order valence-corrected chi connectivity index (χ1v) is 12.9. The van der Waals surface area contributed by atoms with Crippen molar-refractivity contribution < 1.29 is 24.1 Å². The van der Waals surface area contributed by atoms with E-state index in [0.717, 1.165) is 22.0 Å². The summed E-state index contributed by atoms with van der Waals surface area (Å²) in [5.74, 6) is 1.57. The number of ether oxygens (including phenoxy) is 3. The van der Waals surface area contributed by atoms with E-state index in [-0.39, 0.29) is 12.5 Å². The number of aromatic amines is 1. The maximum Gasteiger partial charge on any atom is 0.252 e. The number of hydrogen-bond acceptors (Lipinski definition) is 6. The van der Waals surface area contributed by atoms with E-state index in [1.165, 1.54) is 0 Å². The van der Waals surface area contributed by atoms with E-state index in [4.69, 9.17) is 19.2 Å². The second-order valence-corrected chi connectivity index (χ2v) is 9.34. The van der Waals surface area contributed by atoms with Crippen LogP contribution < -0.4 is 19.5 Å². The molecule has 3 N–H and O–H groups in total. The second-order valence-electron chi connectivity index (χ2n) is 9.34. The highest BCUT2D eigenvalue weighted by Gasteiger charge is 2.19. The van der Waals surface area contributed by atoms with Gasteiger partial charge < -0.3 is 29.6 Å². The monoisotopic (exact) mass is 537 g/mol.